The molecule has 0 saturated heterocycles. The van der Waals surface area contributed by atoms with Gasteiger partial charge in [0.25, 0.3) is 0 Å². The fourth-order valence-corrected chi connectivity index (χ4v) is 2.68. The minimum absolute atomic E-state index is 0.491. The number of hydrogen-bond acceptors (Lipinski definition) is 4. The molecule has 1 rings (SSSR count). The first-order valence-electron chi connectivity index (χ1n) is 9.37. The zero-order chi connectivity index (χ0) is 19.4. The van der Waals surface area contributed by atoms with Crippen LogP contribution in [-0.4, -0.2) is 40.4 Å². The first-order valence-corrected chi connectivity index (χ1v) is 9.37. The number of rotatable bonds is 11. The third-order valence-electron chi connectivity index (χ3n) is 4.04. The van der Waals surface area contributed by atoms with Crippen LogP contribution in [0, 0.1) is 5.92 Å². The van der Waals surface area contributed by atoms with E-state index in [0.29, 0.717) is 23.8 Å². The Labute approximate surface area is 158 Å². The van der Waals surface area contributed by atoms with E-state index in [0.717, 1.165) is 37.0 Å². The molecule has 6 nitrogen and oxygen atoms in total. The van der Waals surface area contributed by atoms with Gasteiger partial charge < -0.3 is 24.8 Å². The van der Waals surface area contributed by atoms with Gasteiger partial charge in [-0.25, -0.2) is 4.99 Å². The number of nitrogens with zero attached hydrogens (tertiary/aromatic N) is 1. The van der Waals surface area contributed by atoms with Crippen LogP contribution in [0.4, 0.5) is 0 Å². The van der Waals surface area contributed by atoms with E-state index in [1.165, 1.54) is 12.8 Å². The van der Waals surface area contributed by atoms with E-state index in [4.69, 9.17) is 14.2 Å². The van der Waals surface area contributed by atoms with Gasteiger partial charge in [0.15, 0.2) is 17.5 Å². The second-order valence-corrected chi connectivity index (χ2v) is 6.51. The van der Waals surface area contributed by atoms with Crippen LogP contribution in [0.5, 0.6) is 17.2 Å². The van der Waals surface area contributed by atoms with Crippen molar-refractivity contribution in [2.45, 2.75) is 46.6 Å². The molecule has 26 heavy (non-hydrogen) atoms. The summed E-state index contributed by atoms with van der Waals surface area (Å²) in [5, 5.41) is 6.68. The van der Waals surface area contributed by atoms with Gasteiger partial charge in [-0.05, 0) is 31.4 Å². The van der Waals surface area contributed by atoms with Crippen LogP contribution in [0.2, 0.25) is 0 Å². The Hall–Kier alpha value is -2.11. The van der Waals surface area contributed by atoms with Gasteiger partial charge >= 0.3 is 0 Å². The van der Waals surface area contributed by atoms with E-state index in [2.05, 4.69) is 36.4 Å². The maximum atomic E-state index is 5.52. The zero-order valence-corrected chi connectivity index (χ0v) is 17.1. The Morgan fingerprint density at radius 1 is 1.00 bits per heavy atom. The summed E-state index contributed by atoms with van der Waals surface area (Å²) in [6.07, 6.45) is 3.63. The summed E-state index contributed by atoms with van der Waals surface area (Å²) in [4.78, 5) is 4.67. The summed E-state index contributed by atoms with van der Waals surface area (Å²) in [5.74, 6) is 3.47. The highest BCUT2D eigenvalue weighted by Crippen LogP contribution is 2.39. The fraction of sp³-hybridized carbons (Fsp3) is 0.650. The molecule has 0 fully saturated rings. The number of nitrogens with one attached hydrogen (secondary N) is 2. The van der Waals surface area contributed by atoms with Crippen LogP contribution < -0.4 is 24.8 Å². The summed E-state index contributed by atoms with van der Waals surface area (Å²) < 4.78 is 16.3. The van der Waals surface area contributed by atoms with E-state index >= 15 is 0 Å². The van der Waals surface area contributed by atoms with E-state index < -0.39 is 0 Å². The van der Waals surface area contributed by atoms with Crippen molar-refractivity contribution in [3.05, 3.63) is 17.7 Å². The van der Waals surface area contributed by atoms with Crippen molar-refractivity contribution in [3.63, 3.8) is 0 Å². The molecule has 0 aromatic heterocycles. The van der Waals surface area contributed by atoms with Crippen molar-refractivity contribution < 1.29 is 14.2 Å². The van der Waals surface area contributed by atoms with Crippen molar-refractivity contribution in [2.75, 3.05) is 34.4 Å². The number of aliphatic imine (C=N–C) groups is 1. The van der Waals surface area contributed by atoms with Gasteiger partial charge in [0, 0.05) is 18.7 Å². The van der Waals surface area contributed by atoms with Gasteiger partial charge in [0.2, 0.25) is 5.75 Å². The maximum Gasteiger partial charge on any atom is 0.203 e. The minimum atomic E-state index is 0.491. The van der Waals surface area contributed by atoms with Crippen LogP contribution in [-0.2, 0) is 6.54 Å². The predicted octanol–water partition coefficient (Wildman–Crippen LogP) is 3.59. The molecule has 0 atom stereocenters. The minimum Gasteiger partial charge on any atom is -0.493 e. The van der Waals surface area contributed by atoms with Gasteiger partial charge in [0.05, 0.1) is 27.9 Å². The lowest BCUT2D eigenvalue weighted by molar-refractivity contribution is 0.322. The van der Waals surface area contributed by atoms with Gasteiger partial charge in [-0.15, -0.1) is 0 Å². The van der Waals surface area contributed by atoms with Crippen LogP contribution in [0.3, 0.4) is 0 Å². The molecular weight excluding hydrogens is 330 g/mol. The van der Waals surface area contributed by atoms with Crippen LogP contribution in [0.25, 0.3) is 0 Å². The lowest BCUT2D eigenvalue weighted by atomic mass is 10.1. The molecule has 0 aliphatic heterocycles. The number of hydrogen-bond donors (Lipinski definition) is 2. The third-order valence-corrected chi connectivity index (χ3v) is 4.04. The number of ether oxygens (including phenoxy) is 3. The molecule has 2 N–H and O–H groups in total. The largest absolute Gasteiger partial charge is 0.493 e. The quantitative estimate of drug-likeness (QED) is 0.356. The lowest BCUT2D eigenvalue weighted by Gasteiger charge is -2.16. The average Bonchev–Trinajstić information content (AvgIpc) is 2.64. The monoisotopic (exact) mass is 365 g/mol. The molecule has 6 heteroatoms. The molecule has 0 spiro atoms. The van der Waals surface area contributed by atoms with Gasteiger partial charge in [-0.2, -0.15) is 0 Å². The van der Waals surface area contributed by atoms with Crippen molar-refractivity contribution in [1.29, 1.82) is 0 Å². The number of benzene rings is 1. The van der Waals surface area contributed by atoms with E-state index in [-0.39, 0.29) is 0 Å². The van der Waals surface area contributed by atoms with Crippen molar-refractivity contribution >= 4 is 5.96 Å². The van der Waals surface area contributed by atoms with Crippen LogP contribution in [0.1, 0.15) is 45.6 Å². The number of guanidine groups is 1. The second kappa shape index (κ2) is 12.3. The molecule has 148 valence electrons. The lowest BCUT2D eigenvalue weighted by Crippen LogP contribution is -2.37. The highest BCUT2D eigenvalue weighted by Gasteiger charge is 2.15. The Bertz CT molecular complexity index is 559. The molecule has 0 amide bonds. The second-order valence-electron chi connectivity index (χ2n) is 6.51. The normalized spacial score (nSPS) is 11.4. The number of methoxy groups -OCH3 is 3. The molecule has 0 bridgehead atoms. The Kier molecular flexibility index (Phi) is 10.4. The van der Waals surface area contributed by atoms with Crippen LogP contribution >= 0.6 is 0 Å². The predicted molar refractivity (Wildman–Crippen MR) is 108 cm³/mol. The molecule has 0 heterocycles. The molecule has 1 aromatic carbocycles. The zero-order valence-electron chi connectivity index (χ0n) is 17.1. The van der Waals surface area contributed by atoms with Crippen molar-refractivity contribution in [1.82, 2.24) is 10.6 Å². The molecule has 0 aliphatic rings. The molecule has 0 aliphatic carbocycles. The molecular formula is C20H35N3O3. The topological polar surface area (TPSA) is 64.1 Å². The fourth-order valence-electron chi connectivity index (χ4n) is 2.68. The van der Waals surface area contributed by atoms with Crippen LogP contribution in [0.15, 0.2) is 17.1 Å². The third kappa shape index (κ3) is 7.02. The number of unbranched alkanes of at least 4 members (excludes halogenated alkanes) is 1. The van der Waals surface area contributed by atoms with Crippen molar-refractivity contribution in [3.8, 4) is 17.2 Å². The Morgan fingerprint density at radius 3 is 2.31 bits per heavy atom. The Morgan fingerprint density at radius 2 is 1.73 bits per heavy atom. The van der Waals surface area contributed by atoms with Crippen molar-refractivity contribution in [2.24, 2.45) is 10.9 Å². The average molecular weight is 366 g/mol. The Balaban J connectivity index is 2.76. The smallest absolute Gasteiger partial charge is 0.203 e. The SMILES string of the molecule is CCNC(=NCc1ccc(OC)c(OC)c1OC)NCCCCC(C)C. The molecule has 0 unspecified atom stereocenters. The summed E-state index contributed by atoms with van der Waals surface area (Å²) >= 11 is 0. The summed E-state index contributed by atoms with van der Waals surface area (Å²) in [7, 11) is 4.85. The van der Waals surface area contributed by atoms with Gasteiger partial charge in [-0.3, -0.25) is 0 Å². The molecule has 0 radical (unpaired) electrons. The first kappa shape index (κ1) is 21.9. The summed E-state index contributed by atoms with van der Waals surface area (Å²) in [6, 6.07) is 3.83. The maximum absolute atomic E-state index is 5.52. The highest BCUT2D eigenvalue weighted by molar-refractivity contribution is 5.79. The van der Waals surface area contributed by atoms with E-state index in [1.807, 2.05) is 12.1 Å². The highest BCUT2D eigenvalue weighted by atomic mass is 16.5. The standard InChI is InChI=1S/C20H35N3O3/c1-7-21-20(22-13-9-8-10-15(2)3)23-14-16-11-12-17(24-4)19(26-6)18(16)25-5/h11-12,15H,7-10,13-14H2,1-6H3,(H2,21,22,23). The molecule has 1 aromatic rings. The first-order chi connectivity index (χ1) is 12.6. The van der Waals surface area contributed by atoms with E-state index in [9.17, 15) is 0 Å². The van der Waals surface area contributed by atoms with Gasteiger partial charge in [-0.1, -0.05) is 26.7 Å². The van der Waals surface area contributed by atoms with E-state index in [1.54, 1.807) is 21.3 Å². The summed E-state index contributed by atoms with van der Waals surface area (Å²) in [6.45, 7) is 8.81. The molecule has 0 saturated carbocycles. The van der Waals surface area contributed by atoms with Gasteiger partial charge in [0.1, 0.15) is 0 Å². The summed E-state index contributed by atoms with van der Waals surface area (Å²) in [5.41, 5.74) is 0.946.